The summed E-state index contributed by atoms with van der Waals surface area (Å²) in [7, 11) is 2.83. The molecule has 0 heterocycles. The molecule has 0 bridgehead atoms. The number of methoxy groups -OCH3 is 2. The van der Waals surface area contributed by atoms with Crippen molar-refractivity contribution in [3.8, 4) is 11.5 Å². The fourth-order valence-electron chi connectivity index (χ4n) is 2.97. The van der Waals surface area contributed by atoms with Crippen LogP contribution >= 0.6 is 0 Å². The van der Waals surface area contributed by atoms with E-state index < -0.39 is 12.1 Å². The van der Waals surface area contributed by atoms with E-state index in [0.717, 1.165) is 5.57 Å². The number of carbonyl (C=O) groups is 3. The Balaban J connectivity index is 2.70. The van der Waals surface area contributed by atoms with Gasteiger partial charge in [-0.05, 0) is 39.0 Å². The molecule has 1 aliphatic rings. The third-order valence-corrected chi connectivity index (χ3v) is 4.22. The van der Waals surface area contributed by atoms with Gasteiger partial charge in [0.05, 0.1) is 25.3 Å². The van der Waals surface area contributed by atoms with Gasteiger partial charge in [0.2, 0.25) is 0 Å². The van der Waals surface area contributed by atoms with Crippen LogP contribution in [0, 0.1) is 0 Å². The van der Waals surface area contributed by atoms with Crippen LogP contribution in [-0.4, -0.2) is 31.8 Å². The molecule has 0 fully saturated rings. The summed E-state index contributed by atoms with van der Waals surface area (Å²) in [5.41, 5.74) is 1.78. The summed E-state index contributed by atoms with van der Waals surface area (Å²) in [6.45, 7) is 5.58. The SMILES string of the molecule is CC=CC(=O)OC(CC=C(C)C)c1cc(OC)c2c(c1OC)C(=O)C=CC2=O. The first-order valence-corrected chi connectivity index (χ1v) is 8.86. The van der Waals surface area contributed by atoms with E-state index in [4.69, 9.17) is 14.2 Å². The van der Waals surface area contributed by atoms with Crippen LogP contribution in [-0.2, 0) is 9.53 Å². The van der Waals surface area contributed by atoms with E-state index >= 15 is 0 Å². The lowest BCUT2D eigenvalue weighted by molar-refractivity contribution is -0.143. The quantitative estimate of drug-likeness (QED) is 0.399. The molecule has 0 saturated carbocycles. The van der Waals surface area contributed by atoms with E-state index in [9.17, 15) is 14.4 Å². The van der Waals surface area contributed by atoms with Gasteiger partial charge in [-0.1, -0.05) is 17.7 Å². The van der Waals surface area contributed by atoms with Crippen molar-refractivity contribution in [2.24, 2.45) is 0 Å². The van der Waals surface area contributed by atoms with Gasteiger partial charge in [0.25, 0.3) is 0 Å². The van der Waals surface area contributed by atoms with Crippen molar-refractivity contribution in [2.45, 2.75) is 33.3 Å². The Labute approximate surface area is 164 Å². The van der Waals surface area contributed by atoms with Crippen LogP contribution in [0.4, 0.5) is 0 Å². The number of hydrogen-bond donors (Lipinski definition) is 0. The van der Waals surface area contributed by atoms with Crippen molar-refractivity contribution in [3.63, 3.8) is 0 Å². The minimum absolute atomic E-state index is 0.119. The van der Waals surface area contributed by atoms with E-state index in [1.807, 2.05) is 19.9 Å². The van der Waals surface area contributed by atoms with Crippen molar-refractivity contribution in [1.29, 1.82) is 0 Å². The Morgan fingerprint density at radius 1 is 1.07 bits per heavy atom. The topological polar surface area (TPSA) is 78.9 Å². The highest BCUT2D eigenvalue weighted by atomic mass is 16.5. The fourth-order valence-corrected chi connectivity index (χ4v) is 2.97. The summed E-state index contributed by atoms with van der Waals surface area (Å²) in [4.78, 5) is 37.0. The van der Waals surface area contributed by atoms with E-state index in [2.05, 4.69) is 0 Å². The smallest absolute Gasteiger partial charge is 0.331 e. The van der Waals surface area contributed by atoms with E-state index in [0.29, 0.717) is 12.0 Å². The molecule has 6 heteroatoms. The average molecular weight is 384 g/mol. The highest BCUT2D eigenvalue weighted by molar-refractivity contribution is 6.24. The number of ether oxygens (including phenoxy) is 3. The number of benzene rings is 1. The van der Waals surface area contributed by atoms with Crippen LogP contribution in [0.3, 0.4) is 0 Å². The lowest BCUT2D eigenvalue weighted by atomic mass is 9.88. The Kier molecular flexibility index (Phi) is 6.93. The molecule has 0 radical (unpaired) electrons. The van der Waals surface area contributed by atoms with Crippen molar-refractivity contribution >= 4 is 17.5 Å². The van der Waals surface area contributed by atoms with Gasteiger partial charge in [0.1, 0.15) is 17.6 Å². The number of carbonyl (C=O) groups excluding carboxylic acids is 3. The summed E-state index contributed by atoms with van der Waals surface area (Å²) in [5, 5.41) is 0. The van der Waals surface area contributed by atoms with Crippen molar-refractivity contribution < 1.29 is 28.6 Å². The number of hydrogen-bond acceptors (Lipinski definition) is 6. The molecule has 6 nitrogen and oxygen atoms in total. The summed E-state index contributed by atoms with van der Waals surface area (Å²) in [6, 6.07) is 1.59. The summed E-state index contributed by atoms with van der Waals surface area (Å²) in [5.74, 6) is -0.789. The molecule has 0 aliphatic heterocycles. The molecule has 1 atom stereocenters. The lowest BCUT2D eigenvalue weighted by Crippen LogP contribution is -2.18. The second kappa shape index (κ2) is 9.17. The lowest BCUT2D eigenvalue weighted by Gasteiger charge is -2.24. The van der Waals surface area contributed by atoms with Crippen LogP contribution in [0.1, 0.15) is 59.6 Å². The zero-order valence-corrected chi connectivity index (χ0v) is 16.7. The van der Waals surface area contributed by atoms with E-state index in [-0.39, 0.29) is 34.2 Å². The maximum absolute atomic E-state index is 12.5. The standard InChI is InChI=1S/C22H24O6/c1-6-7-19(25)28-17(11-8-13(2)3)14-12-18(26-4)20-15(23)9-10-16(24)21(20)22(14)27-5/h6-10,12,17H,11H2,1-5H3. The molecular formula is C22H24O6. The zero-order chi connectivity index (χ0) is 20.8. The first kappa shape index (κ1) is 21.2. The first-order chi connectivity index (χ1) is 13.3. The molecule has 0 spiro atoms. The highest BCUT2D eigenvalue weighted by Gasteiger charge is 2.32. The fraction of sp³-hybridized carbons (Fsp3) is 0.318. The monoisotopic (exact) mass is 384 g/mol. The predicted octanol–water partition coefficient (Wildman–Crippen LogP) is 4.16. The molecule has 0 N–H and O–H groups in total. The van der Waals surface area contributed by atoms with Gasteiger partial charge in [-0.25, -0.2) is 4.79 Å². The molecule has 148 valence electrons. The van der Waals surface area contributed by atoms with Gasteiger partial charge in [-0.2, -0.15) is 0 Å². The third-order valence-electron chi connectivity index (χ3n) is 4.22. The van der Waals surface area contributed by atoms with Crippen molar-refractivity contribution in [1.82, 2.24) is 0 Å². The zero-order valence-electron chi connectivity index (χ0n) is 16.7. The Morgan fingerprint density at radius 3 is 2.25 bits per heavy atom. The third kappa shape index (κ3) is 4.39. The molecule has 1 unspecified atom stereocenters. The Bertz CT molecular complexity index is 885. The molecule has 28 heavy (non-hydrogen) atoms. The van der Waals surface area contributed by atoms with Gasteiger partial charge in [0.15, 0.2) is 11.6 Å². The van der Waals surface area contributed by atoms with Gasteiger partial charge in [0, 0.05) is 18.1 Å². The number of fused-ring (bicyclic) bond motifs is 1. The van der Waals surface area contributed by atoms with Crippen molar-refractivity contribution in [2.75, 3.05) is 14.2 Å². The molecule has 0 aromatic heterocycles. The van der Waals surface area contributed by atoms with Gasteiger partial charge in [-0.3, -0.25) is 9.59 Å². The minimum Gasteiger partial charge on any atom is -0.496 e. The molecule has 2 rings (SSSR count). The molecule has 0 saturated heterocycles. The summed E-state index contributed by atoms with van der Waals surface area (Å²) in [6.07, 6.45) is 6.88. The highest BCUT2D eigenvalue weighted by Crippen LogP contribution is 2.42. The maximum atomic E-state index is 12.5. The van der Waals surface area contributed by atoms with Gasteiger partial charge >= 0.3 is 5.97 Å². The first-order valence-electron chi connectivity index (χ1n) is 8.86. The molecule has 1 aromatic rings. The normalized spacial score (nSPS) is 13.9. The predicted molar refractivity (Wildman–Crippen MR) is 105 cm³/mol. The van der Waals surface area contributed by atoms with Crippen LogP contribution in [0.5, 0.6) is 11.5 Å². The molecular weight excluding hydrogens is 360 g/mol. The average Bonchev–Trinajstić information content (AvgIpc) is 2.66. The molecule has 1 aliphatic carbocycles. The van der Waals surface area contributed by atoms with Gasteiger partial charge in [-0.15, -0.1) is 0 Å². The summed E-state index contributed by atoms with van der Waals surface area (Å²) < 4.78 is 16.5. The minimum atomic E-state index is -0.721. The van der Waals surface area contributed by atoms with Crippen LogP contribution in [0.25, 0.3) is 0 Å². The van der Waals surface area contributed by atoms with Crippen LogP contribution in [0.2, 0.25) is 0 Å². The number of ketones is 2. The Morgan fingerprint density at radius 2 is 1.71 bits per heavy atom. The van der Waals surface area contributed by atoms with Crippen LogP contribution < -0.4 is 9.47 Å². The van der Waals surface area contributed by atoms with Crippen molar-refractivity contribution in [3.05, 3.63) is 58.7 Å². The second-order valence-electron chi connectivity index (χ2n) is 6.46. The van der Waals surface area contributed by atoms with E-state index in [1.165, 1.54) is 32.4 Å². The summed E-state index contributed by atoms with van der Waals surface area (Å²) >= 11 is 0. The number of rotatable bonds is 7. The van der Waals surface area contributed by atoms with Crippen LogP contribution in [0.15, 0.2) is 42.0 Å². The maximum Gasteiger partial charge on any atom is 0.331 e. The number of esters is 1. The number of allylic oxidation sites excluding steroid dienone is 4. The molecule has 0 amide bonds. The van der Waals surface area contributed by atoms with Gasteiger partial charge < -0.3 is 14.2 Å². The molecule has 1 aromatic carbocycles. The second-order valence-corrected chi connectivity index (χ2v) is 6.46. The van der Waals surface area contributed by atoms with E-state index in [1.54, 1.807) is 19.1 Å². The largest absolute Gasteiger partial charge is 0.496 e. The Hall–Kier alpha value is -3.15.